The third-order valence-electron chi connectivity index (χ3n) is 4.11. The van der Waals surface area contributed by atoms with E-state index in [4.69, 9.17) is 4.74 Å². The van der Waals surface area contributed by atoms with Crippen LogP contribution in [0.5, 0.6) is 0 Å². The summed E-state index contributed by atoms with van der Waals surface area (Å²) >= 11 is 0. The molecule has 2 aromatic rings. The van der Waals surface area contributed by atoms with Crippen LogP contribution in [0.3, 0.4) is 0 Å². The molecular weight excluding hydrogens is 432 g/mol. The molecule has 0 aromatic heterocycles. The molecule has 0 atom stereocenters. The molecule has 0 aliphatic heterocycles. The molecule has 0 spiro atoms. The molecule has 2 aromatic carbocycles. The van der Waals surface area contributed by atoms with Gasteiger partial charge in [-0.2, -0.15) is 0 Å². The maximum atomic E-state index is 12.2. The lowest BCUT2D eigenvalue weighted by molar-refractivity contribution is -0.141. The molecule has 0 saturated heterocycles. The Hall–Kier alpha value is -3.30. The Bertz CT molecular complexity index is 1060. The molecule has 9 heteroatoms. The van der Waals surface area contributed by atoms with Gasteiger partial charge in [-0.1, -0.05) is 44.2 Å². The highest BCUT2D eigenvalue weighted by molar-refractivity contribution is 7.92. The molecule has 8 nitrogen and oxygen atoms in total. The van der Waals surface area contributed by atoms with Crippen molar-refractivity contribution in [3.05, 3.63) is 71.1 Å². The summed E-state index contributed by atoms with van der Waals surface area (Å²) in [6, 6.07) is 15.0. The normalized spacial score (nSPS) is 11.5. The van der Waals surface area contributed by atoms with Crippen LogP contribution in [0, 0.1) is 5.92 Å². The summed E-state index contributed by atoms with van der Waals surface area (Å²) in [6.07, 6.45) is 1.79. The van der Waals surface area contributed by atoms with Crippen molar-refractivity contribution in [3.8, 4) is 0 Å². The van der Waals surface area contributed by atoms with E-state index >= 15 is 0 Å². The monoisotopic (exact) mass is 458 g/mol. The average Bonchev–Trinajstić information content (AvgIpc) is 2.75. The van der Waals surface area contributed by atoms with E-state index in [9.17, 15) is 22.8 Å². The second-order valence-corrected chi connectivity index (χ2v) is 9.04. The van der Waals surface area contributed by atoms with E-state index in [0.29, 0.717) is 23.2 Å². The van der Waals surface area contributed by atoms with Crippen molar-refractivity contribution in [2.45, 2.75) is 20.3 Å². The van der Waals surface area contributed by atoms with Gasteiger partial charge in [0, 0.05) is 23.1 Å². The minimum Gasteiger partial charge on any atom is -0.456 e. The van der Waals surface area contributed by atoms with Crippen LogP contribution in [0.1, 0.15) is 36.2 Å². The summed E-state index contributed by atoms with van der Waals surface area (Å²) in [7, 11) is -3.84. The SMILES string of the molecule is CC(C)CC(=O)Nc1ccc(C(=O)COC(=O)CNS(=O)(=O)/C=C/c2ccccc2)cc1. The van der Waals surface area contributed by atoms with Gasteiger partial charge in [0.05, 0.1) is 0 Å². The van der Waals surface area contributed by atoms with Crippen molar-refractivity contribution in [2.75, 3.05) is 18.5 Å². The summed E-state index contributed by atoms with van der Waals surface area (Å²) in [4.78, 5) is 35.7. The molecule has 0 aliphatic rings. The van der Waals surface area contributed by atoms with E-state index < -0.39 is 34.9 Å². The number of nitrogens with one attached hydrogen (secondary N) is 2. The van der Waals surface area contributed by atoms with E-state index in [1.54, 1.807) is 36.4 Å². The zero-order valence-corrected chi connectivity index (χ0v) is 18.7. The molecule has 0 fully saturated rings. The van der Waals surface area contributed by atoms with Crippen LogP contribution in [0.25, 0.3) is 6.08 Å². The van der Waals surface area contributed by atoms with E-state index in [1.165, 1.54) is 18.2 Å². The van der Waals surface area contributed by atoms with Crippen LogP contribution in [0.15, 0.2) is 60.0 Å². The van der Waals surface area contributed by atoms with Crippen LogP contribution in [-0.4, -0.2) is 39.2 Å². The van der Waals surface area contributed by atoms with Crippen molar-refractivity contribution >= 4 is 39.4 Å². The third kappa shape index (κ3) is 9.23. The predicted octanol–water partition coefficient (Wildman–Crippen LogP) is 2.99. The number of ketones is 1. The quantitative estimate of drug-likeness (QED) is 0.395. The first-order valence-electron chi connectivity index (χ1n) is 9.96. The highest BCUT2D eigenvalue weighted by Gasteiger charge is 2.13. The third-order valence-corrected chi connectivity index (χ3v) is 5.15. The Kier molecular flexibility index (Phi) is 9.30. The lowest BCUT2D eigenvalue weighted by Gasteiger charge is -2.08. The van der Waals surface area contributed by atoms with Crippen molar-refractivity contribution in [2.24, 2.45) is 5.92 Å². The number of carbonyl (C=O) groups excluding carboxylic acids is 3. The van der Waals surface area contributed by atoms with E-state index in [2.05, 4.69) is 10.0 Å². The number of anilines is 1. The number of ether oxygens (including phenoxy) is 1. The van der Waals surface area contributed by atoms with Gasteiger partial charge in [0.15, 0.2) is 12.4 Å². The molecule has 0 saturated carbocycles. The second-order valence-electron chi connectivity index (χ2n) is 7.39. The molecule has 0 bridgehead atoms. The van der Waals surface area contributed by atoms with Crippen LogP contribution < -0.4 is 10.0 Å². The van der Waals surface area contributed by atoms with Gasteiger partial charge >= 0.3 is 5.97 Å². The van der Waals surface area contributed by atoms with E-state index in [1.807, 2.05) is 19.9 Å². The van der Waals surface area contributed by atoms with Crippen molar-refractivity contribution in [1.29, 1.82) is 0 Å². The molecule has 1 amide bonds. The smallest absolute Gasteiger partial charge is 0.321 e. The highest BCUT2D eigenvalue weighted by Crippen LogP contribution is 2.12. The maximum Gasteiger partial charge on any atom is 0.321 e. The lowest BCUT2D eigenvalue weighted by Crippen LogP contribution is -2.30. The number of benzene rings is 2. The number of Topliss-reactive ketones (excluding diaryl/α,β-unsaturated/α-hetero) is 1. The fraction of sp³-hybridized carbons (Fsp3) is 0.261. The summed E-state index contributed by atoms with van der Waals surface area (Å²) in [6.45, 7) is 2.75. The van der Waals surface area contributed by atoms with Crippen molar-refractivity contribution < 1.29 is 27.5 Å². The van der Waals surface area contributed by atoms with Gasteiger partial charge in [0.25, 0.3) is 0 Å². The number of esters is 1. The van der Waals surface area contributed by atoms with Gasteiger partial charge in [-0.05, 0) is 41.8 Å². The van der Waals surface area contributed by atoms with Crippen LogP contribution >= 0.6 is 0 Å². The summed E-state index contributed by atoms with van der Waals surface area (Å²) in [5.41, 5.74) is 1.55. The van der Waals surface area contributed by atoms with E-state index in [0.717, 1.165) is 5.41 Å². The number of hydrogen-bond acceptors (Lipinski definition) is 6. The molecular formula is C23H26N2O6S. The number of hydrogen-bond donors (Lipinski definition) is 2. The Labute approximate surface area is 187 Å². The van der Waals surface area contributed by atoms with Crippen LogP contribution in [-0.2, 0) is 24.3 Å². The van der Waals surface area contributed by atoms with Gasteiger partial charge < -0.3 is 10.1 Å². The Morgan fingerprint density at radius 3 is 2.28 bits per heavy atom. The number of sulfonamides is 1. The van der Waals surface area contributed by atoms with Gasteiger partial charge in [-0.3, -0.25) is 14.4 Å². The Balaban J connectivity index is 1.78. The molecule has 0 heterocycles. The maximum absolute atomic E-state index is 12.2. The molecule has 0 radical (unpaired) electrons. The molecule has 2 rings (SSSR count). The fourth-order valence-electron chi connectivity index (χ4n) is 2.54. The zero-order chi connectivity index (χ0) is 23.6. The summed E-state index contributed by atoms with van der Waals surface area (Å²) < 4.78 is 30.8. The van der Waals surface area contributed by atoms with Gasteiger partial charge in [0.1, 0.15) is 6.54 Å². The van der Waals surface area contributed by atoms with E-state index in [-0.39, 0.29) is 11.8 Å². The Morgan fingerprint density at radius 1 is 1.00 bits per heavy atom. The van der Waals surface area contributed by atoms with Crippen molar-refractivity contribution in [1.82, 2.24) is 4.72 Å². The minimum absolute atomic E-state index is 0.117. The van der Waals surface area contributed by atoms with Gasteiger partial charge in [-0.15, -0.1) is 0 Å². The van der Waals surface area contributed by atoms with Crippen LogP contribution in [0.2, 0.25) is 0 Å². The standard InChI is InChI=1S/C23H26N2O6S/c1-17(2)14-22(27)25-20-10-8-19(9-11-20)21(26)16-31-23(28)15-24-32(29,30)13-12-18-6-4-3-5-7-18/h3-13,17,24H,14-16H2,1-2H3,(H,25,27)/b13-12+. The van der Waals surface area contributed by atoms with Gasteiger partial charge in [0.2, 0.25) is 15.9 Å². The minimum atomic E-state index is -3.84. The van der Waals surface area contributed by atoms with Crippen molar-refractivity contribution in [3.63, 3.8) is 0 Å². The summed E-state index contributed by atoms with van der Waals surface area (Å²) in [5.74, 6) is -1.22. The summed E-state index contributed by atoms with van der Waals surface area (Å²) in [5, 5.41) is 3.68. The highest BCUT2D eigenvalue weighted by atomic mass is 32.2. The molecule has 32 heavy (non-hydrogen) atoms. The Morgan fingerprint density at radius 2 is 1.66 bits per heavy atom. The molecule has 0 unspecified atom stereocenters. The largest absolute Gasteiger partial charge is 0.456 e. The molecule has 2 N–H and O–H groups in total. The van der Waals surface area contributed by atoms with Crippen LogP contribution in [0.4, 0.5) is 5.69 Å². The number of carbonyl (C=O) groups is 3. The molecule has 0 aliphatic carbocycles. The average molecular weight is 459 g/mol. The topological polar surface area (TPSA) is 119 Å². The first kappa shape index (κ1) is 25.0. The number of amides is 1. The fourth-order valence-corrected chi connectivity index (χ4v) is 3.29. The first-order valence-corrected chi connectivity index (χ1v) is 11.5. The predicted molar refractivity (Wildman–Crippen MR) is 122 cm³/mol. The lowest BCUT2D eigenvalue weighted by atomic mass is 10.1. The number of rotatable bonds is 11. The van der Waals surface area contributed by atoms with Gasteiger partial charge in [-0.25, -0.2) is 13.1 Å². The molecule has 170 valence electrons. The second kappa shape index (κ2) is 11.9. The zero-order valence-electron chi connectivity index (χ0n) is 17.9. The first-order chi connectivity index (χ1) is 15.1.